The largest absolute Gasteiger partial charge is 0.416 e. The molecule has 42 heavy (non-hydrogen) atoms. The smallest absolute Gasteiger partial charge is 0.354 e. The molecule has 226 valence electrons. The Morgan fingerprint density at radius 1 is 1.02 bits per heavy atom. The third-order valence-electron chi connectivity index (χ3n) is 6.39. The number of alkyl halides is 3. The van der Waals surface area contributed by atoms with Gasteiger partial charge >= 0.3 is 6.18 Å². The Hall–Kier alpha value is -3.09. The van der Waals surface area contributed by atoms with E-state index in [1.807, 2.05) is 6.92 Å². The van der Waals surface area contributed by atoms with E-state index in [4.69, 9.17) is 11.6 Å². The Labute approximate surface area is 256 Å². The Bertz CT molecular complexity index is 1510. The molecule has 1 atom stereocenters. The molecule has 0 aliphatic heterocycles. The summed E-state index contributed by atoms with van der Waals surface area (Å²) in [6.45, 7) is 2.85. The first-order valence-corrected chi connectivity index (χ1v) is 15.6. The molecule has 0 spiro atoms. The number of unbranched alkanes of at least 4 members (excludes halogenated alkanes) is 1. The van der Waals surface area contributed by atoms with Crippen molar-refractivity contribution in [2.24, 2.45) is 0 Å². The van der Waals surface area contributed by atoms with E-state index in [-0.39, 0.29) is 16.5 Å². The van der Waals surface area contributed by atoms with Crippen LogP contribution in [0.25, 0.3) is 0 Å². The second-order valence-electron chi connectivity index (χ2n) is 9.46. The third kappa shape index (κ3) is 8.48. The van der Waals surface area contributed by atoms with Gasteiger partial charge in [0.2, 0.25) is 11.8 Å². The number of nitrogens with one attached hydrogen (secondary N) is 1. The maximum absolute atomic E-state index is 13.9. The van der Waals surface area contributed by atoms with Crippen molar-refractivity contribution < 1.29 is 31.2 Å². The number of rotatable bonds is 12. The molecule has 1 unspecified atom stereocenters. The average molecular weight is 689 g/mol. The number of nitrogens with zero attached hydrogens (tertiary/aromatic N) is 2. The number of hydrogen-bond acceptors (Lipinski definition) is 4. The van der Waals surface area contributed by atoms with E-state index < -0.39 is 51.9 Å². The lowest BCUT2D eigenvalue weighted by Gasteiger charge is -2.32. The first-order valence-electron chi connectivity index (χ1n) is 13.0. The van der Waals surface area contributed by atoms with Gasteiger partial charge in [-0.05, 0) is 61.4 Å². The van der Waals surface area contributed by atoms with Crippen molar-refractivity contribution in [1.29, 1.82) is 0 Å². The maximum Gasteiger partial charge on any atom is 0.416 e. The fourth-order valence-corrected chi connectivity index (χ4v) is 6.23. The number of carbonyl (C=O) groups is 2. The third-order valence-corrected chi connectivity index (χ3v) is 8.98. The minimum Gasteiger partial charge on any atom is -0.354 e. The molecule has 0 aromatic heterocycles. The standard InChI is InChI=1S/C29H30BrClF3N3O4S/c1-3-4-15-35-28(39)20(2)36(18-21-9-8-10-23(30)16-21)27(38)19-37(42(40,41)24-11-6-5-7-12-24)26-17-22(29(32,33)34)13-14-25(26)31/h5-14,16-17,20H,3-4,15,18-19H2,1-2H3,(H,35,39). The summed E-state index contributed by atoms with van der Waals surface area (Å²) in [5, 5.41) is 2.46. The summed E-state index contributed by atoms with van der Waals surface area (Å²) in [5.41, 5.74) is -1.02. The van der Waals surface area contributed by atoms with Crippen LogP contribution in [0.3, 0.4) is 0 Å². The van der Waals surface area contributed by atoms with Crippen LogP contribution in [-0.2, 0) is 32.3 Å². The molecule has 3 aromatic carbocycles. The summed E-state index contributed by atoms with van der Waals surface area (Å²) in [6.07, 6.45) is -3.25. The van der Waals surface area contributed by atoms with Gasteiger partial charge in [0.05, 0.1) is 21.2 Å². The minimum atomic E-state index is -4.80. The number of carbonyl (C=O) groups excluding carboxylic acids is 2. The number of anilines is 1. The van der Waals surface area contributed by atoms with Crippen LogP contribution in [0.1, 0.15) is 37.8 Å². The van der Waals surface area contributed by atoms with Gasteiger partial charge in [-0.3, -0.25) is 13.9 Å². The summed E-state index contributed by atoms with van der Waals surface area (Å²) in [7, 11) is -4.58. The SMILES string of the molecule is CCCCNC(=O)C(C)N(Cc1cccc(Br)c1)C(=O)CN(c1cc(C(F)(F)F)ccc1Cl)S(=O)(=O)c1ccccc1. The molecule has 0 radical (unpaired) electrons. The predicted molar refractivity (Wildman–Crippen MR) is 159 cm³/mol. The molecule has 0 saturated carbocycles. The van der Waals surface area contributed by atoms with Crippen molar-refractivity contribution >= 4 is 55.1 Å². The fraction of sp³-hybridized carbons (Fsp3) is 0.310. The highest BCUT2D eigenvalue weighted by atomic mass is 79.9. The van der Waals surface area contributed by atoms with E-state index in [0.717, 1.165) is 29.4 Å². The minimum absolute atomic E-state index is 0.0732. The van der Waals surface area contributed by atoms with Crippen molar-refractivity contribution in [3.8, 4) is 0 Å². The van der Waals surface area contributed by atoms with Gasteiger partial charge in [-0.25, -0.2) is 8.42 Å². The van der Waals surface area contributed by atoms with Crippen LogP contribution < -0.4 is 9.62 Å². The van der Waals surface area contributed by atoms with Gasteiger partial charge in [0, 0.05) is 17.6 Å². The van der Waals surface area contributed by atoms with Crippen LogP contribution in [0, 0.1) is 0 Å². The van der Waals surface area contributed by atoms with Crippen molar-refractivity contribution in [1.82, 2.24) is 10.2 Å². The van der Waals surface area contributed by atoms with Gasteiger partial charge in [0.25, 0.3) is 10.0 Å². The van der Waals surface area contributed by atoms with Crippen LogP contribution in [0.5, 0.6) is 0 Å². The van der Waals surface area contributed by atoms with Crippen LogP contribution in [-0.4, -0.2) is 44.3 Å². The predicted octanol–water partition coefficient (Wildman–Crippen LogP) is 6.65. The van der Waals surface area contributed by atoms with Gasteiger partial charge < -0.3 is 10.2 Å². The second-order valence-corrected chi connectivity index (χ2v) is 12.6. The Morgan fingerprint density at radius 2 is 1.71 bits per heavy atom. The molecule has 13 heteroatoms. The van der Waals surface area contributed by atoms with E-state index in [9.17, 15) is 31.2 Å². The summed E-state index contributed by atoms with van der Waals surface area (Å²) in [5.74, 6) is -1.28. The Balaban J connectivity index is 2.10. The normalized spacial score (nSPS) is 12.5. The molecule has 0 bridgehead atoms. The van der Waals surface area contributed by atoms with Crippen molar-refractivity contribution in [3.05, 3.63) is 93.4 Å². The number of benzene rings is 3. The lowest BCUT2D eigenvalue weighted by Crippen LogP contribution is -2.51. The second kappa shape index (κ2) is 14.4. The van der Waals surface area contributed by atoms with Crippen LogP contribution in [0.2, 0.25) is 5.02 Å². The molecule has 7 nitrogen and oxygen atoms in total. The number of hydrogen-bond donors (Lipinski definition) is 1. The molecular weight excluding hydrogens is 659 g/mol. The zero-order chi connectivity index (χ0) is 31.1. The molecule has 2 amide bonds. The van der Waals surface area contributed by atoms with Gasteiger partial charge in [0.15, 0.2) is 0 Å². The van der Waals surface area contributed by atoms with E-state index in [1.54, 1.807) is 30.3 Å². The number of halogens is 5. The monoisotopic (exact) mass is 687 g/mol. The first-order chi connectivity index (χ1) is 19.8. The van der Waals surface area contributed by atoms with Gasteiger partial charge in [-0.15, -0.1) is 0 Å². The Kier molecular flexibility index (Phi) is 11.4. The molecule has 0 aliphatic carbocycles. The van der Waals surface area contributed by atoms with Crippen molar-refractivity contribution in [2.45, 2.75) is 50.3 Å². The van der Waals surface area contributed by atoms with Gasteiger partial charge in [-0.1, -0.05) is 71.2 Å². The van der Waals surface area contributed by atoms with E-state index in [1.165, 1.54) is 36.1 Å². The van der Waals surface area contributed by atoms with Gasteiger partial charge in [0.1, 0.15) is 12.6 Å². The molecular formula is C29H30BrClF3N3O4S. The zero-order valence-corrected chi connectivity index (χ0v) is 26.0. The molecule has 3 rings (SSSR count). The van der Waals surface area contributed by atoms with Crippen LogP contribution >= 0.6 is 27.5 Å². The fourth-order valence-electron chi connectivity index (χ4n) is 4.06. The summed E-state index contributed by atoms with van der Waals surface area (Å²) in [6, 6.07) is 15.2. The Morgan fingerprint density at radius 3 is 2.33 bits per heavy atom. The quantitative estimate of drug-likeness (QED) is 0.216. The lowest BCUT2D eigenvalue weighted by atomic mass is 10.1. The molecule has 0 fully saturated rings. The highest BCUT2D eigenvalue weighted by molar-refractivity contribution is 9.10. The molecule has 3 aromatic rings. The van der Waals surface area contributed by atoms with Crippen molar-refractivity contribution in [2.75, 3.05) is 17.4 Å². The number of amides is 2. The average Bonchev–Trinajstić information content (AvgIpc) is 2.94. The topological polar surface area (TPSA) is 86.8 Å². The molecule has 0 aliphatic rings. The lowest BCUT2D eigenvalue weighted by molar-refractivity contribution is -0.139. The highest BCUT2D eigenvalue weighted by Crippen LogP contribution is 2.37. The molecule has 1 N–H and O–H groups in total. The highest BCUT2D eigenvalue weighted by Gasteiger charge is 2.36. The van der Waals surface area contributed by atoms with Crippen molar-refractivity contribution in [3.63, 3.8) is 0 Å². The molecule has 0 saturated heterocycles. The summed E-state index contributed by atoms with van der Waals surface area (Å²) >= 11 is 9.63. The summed E-state index contributed by atoms with van der Waals surface area (Å²) < 4.78 is 69.8. The van der Waals surface area contributed by atoms with Crippen LogP contribution in [0.4, 0.5) is 18.9 Å². The zero-order valence-electron chi connectivity index (χ0n) is 22.9. The van der Waals surface area contributed by atoms with E-state index >= 15 is 0 Å². The number of sulfonamides is 1. The van der Waals surface area contributed by atoms with E-state index in [2.05, 4.69) is 21.2 Å². The van der Waals surface area contributed by atoms with Gasteiger partial charge in [-0.2, -0.15) is 13.2 Å². The van der Waals surface area contributed by atoms with E-state index in [0.29, 0.717) is 22.5 Å². The molecule has 0 heterocycles. The summed E-state index contributed by atoms with van der Waals surface area (Å²) in [4.78, 5) is 27.9. The maximum atomic E-state index is 13.9. The van der Waals surface area contributed by atoms with Crippen LogP contribution in [0.15, 0.2) is 82.2 Å². The first kappa shape index (κ1) is 33.4.